The van der Waals surface area contributed by atoms with Crippen molar-refractivity contribution in [3.05, 3.63) is 42.1 Å². The Morgan fingerprint density at radius 2 is 1.63 bits per heavy atom. The topological polar surface area (TPSA) is 134 Å². The molecule has 1 aliphatic heterocycles. The van der Waals surface area contributed by atoms with Gasteiger partial charge in [0.1, 0.15) is 23.2 Å². The van der Waals surface area contributed by atoms with Gasteiger partial charge in [-0.05, 0) is 34.1 Å². The Hall–Kier alpha value is -4.22. The summed E-state index contributed by atoms with van der Waals surface area (Å²) in [6, 6.07) is 9.82. The van der Waals surface area contributed by atoms with Crippen molar-refractivity contribution in [1.82, 2.24) is 25.1 Å². The molecule has 1 aromatic carbocycles. The molecule has 2 heterocycles. The van der Waals surface area contributed by atoms with Crippen molar-refractivity contribution in [2.45, 2.75) is 52.2 Å². The second-order valence-electron chi connectivity index (χ2n) is 10.9. The highest BCUT2D eigenvalue weighted by atomic mass is 16.6. The molecule has 3 rings (SSSR count). The van der Waals surface area contributed by atoms with Gasteiger partial charge in [0.25, 0.3) is 5.91 Å². The summed E-state index contributed by atoms with van der Waals surface area (Å²) in [4.78, 5) is 65.6. The van der Waals surface area contributed by atoms with Gasteiger partial charge in [0, 0.05) is 58.3 Å². The smallest absolute Gasteiger partial charge is 0.409 e. The fourth-order valence-corrected chi connectivity index (χ4v) is 4.19. The zero-order valence-corrected chi connectivity index (χ0v) is 24.7. The lowest BCUT2D eigenvalue weighted by Crippen LogP contribution is -2.56. The normalized spacial score (nSPS) is 14.2. The third-order valence-corrected chi connectivity index (χ3v) is 6.21. The number of hydrogen-bond donors (Lipinski definition) is 1. The Morgan fingerprint density at radius 1 is 1.00 bits per heavy atom. The second-order valence-corrected chi connectivity index (χ2v) is 10.9. The summed E-state index contributed by atoms with van der Waals surface area (Å²) in [5, 5.41) is 2.80. The highest BCUT2D eigenvalue weighted by molar-refractivity contribution is 5.97. The van der Waals surface area contributed by atoms with Gasteiger partial charge in [-0.15, -0.1) is 0 Å². The van der Waals surface area contributed by atoms with Crippen LogP contribution in [0.15, 0.2) is 36.4 Å². The fourth-order valence-electron chi connectivity index (χ4n) is 4.19. The summed E-state index contributed by atoms with van der Waals surface area (Å²) in [5.41, 5.74) is 0.146. The van der Waals surface area contributed by atoms with Crippen LogP contribution in [0, 0.1) is 0 Å². The Bertz CT molecular complexity index is 1220. The number of esters is 1. The van der Waals surface area contributed by atoms with E-state index in [2.05, 4.69) is 15.3 Å². The number of rotatable bonds is 9. The molecular formula is C29H40N6O6. The lowest BCUT2D eigenvalue weighted by Gasteiger charge is -2.36. The number of hydrogen-bond acceptors (Lipinski definition) is 9. The van der Waals surface area contributed by atoms with Gasteiger partial charge in [-0.3, -0.25) is 14.4 Å². The largest absolute Gasteiger partial charge is 0.460 e. The van der Waals surface area contributed by atoms with Crippen LogP contribution in [-0.2, 0) is 19.1 Å². The molecule has 1 saturated heterocycles. The molecular weight excluding hydrogens is 528 g/mol. The lowest BCUT2D eigenvalue weighted by atomic mass is 10.1. The monoisotopic (exact) mass is 568 g/mol. The number of benzene rings is 1. The summed E-state index contributed by atoms with van der Waals surface area (Å²) < 4.78 is 10.5. The average molecular weight is 569 g/mol. The number of amides is 3. The summed E-state index contributed by atoms with van der Waals surface area (Å²) in [5.74, 6) is -0.500. The lowest BCUT2D eigenvalue weighted by molar-refractivity contribution is -0.155. The molecule has 0 spiro atoms. The predicted octanol–water partition coefficient (Wildman–Crippen LogP) is 2.73. The van der Waals surface area contributed by atoms with E-state index in [1.54, 1.807) is 43.6 Å². The maximum absolute atomic E-state index is 13.6. The minimum Gasteiger partial charge on any atom is -0.460 e. The van der Waals surface area contributed by atoms with Crippen LogP contribution in [0.1, 0.15) is 51.0 Å². The van der Waals surface area contributed by atoms with Crippen molar-refractivity contribution in [3.8, 4) is 11.4 Å². The molecule has 0 bridgehead atoms. The van der Waals surface area contributed by atoms with E-state index in [0.717, 1.165) is 5.56 Å². The molecule has 1 aliphatic rings. The van der Waals surface area contributed by atoms with E-state index in [1.807, 2.05) is 44.4 Å². The first-order valence-corrected chi connectivity index (χ1v) is 13.7. The summed E-state index contributed by atoms with van der Waals surface area (Å²) in [6.45, 7) is 8.44. The van der Waals surface area contributed by atoms with Gasteiger partial charge in [0.15, 0.2) is 5.82 Å². The van der Waals surface area contributed by atoms with Crippen LogP contribution < -0.4 is 10.2 Å². The van der Waals surface area contributed by atoms with Crippen LogP contribution in [0.25, 0.3) is 11.4 Å². The van der Waals surface area contributed by atoms with Crippen molar-refractivity contribution in [2.75, 3.05) is 51.8 Å². The van der Waals surface area contributed by atoms with Crippen molar-refractivity contribution in [2.24, 2.45) is 0 Å². The molecule has 0 aliphatic carbocycles. The number of anilines is 1. The van der Waals surface area contributed by atoms with Crippen molar-refractivity contribution in [1.29, 1.82) is 0 Å². The number of aromatic nitrogens is 2. The number of piperazine rings is 1. The third kappa shape index (κ3) is 9.16. The first kappa shape index (κ1) is 31.3. The van der Waals surface area contributed by atoms with Crippen LogP contribution in [0.5, 0.6) is 0 Å². The highest BCUT2D eigenvalue weighted by Gasteiger charge is 2.32. The van der Waals surface area contributed by atoms with Crippen LogP contribution in [0.4, 0.5) is 10.6 Å². The molecule has 12 nitrogen and oxygen atoms in total. The Morgan fingerprint density at radius 3 is 2.22 bits per heavy atom. The number of nitrogens with one attached hydrogen (secondary N) is 1. The molecule has 0 unspecified atom stereocenters. The van der Waals surface area contributed by atoms with Gasteiger partial charge < -0.3 is 29.5 Å². The standard InChI is InChI=1S/C29H40N6O6/c1-7-40-28(39)35-17-15-34(16-18-35)27(38)21(13-14-24(36)41-29(2,3)4)31-26(37)22-19-23(33(5)6)32-25(30-22)20-11-9-8-10-12-20/h8-12,19,21H,7,13-18H2,1-6H3,(H,31,37)/t21-/m0/s1. The Balaban J connectivity index is 1.82. The molecule has 3 amide bonds. The minimum atomic E-state index is -1.01. The molecule has 0 radical (unpaired) electrons. The third-order valence-electron chi connectivity index (χ3n) is 6.21. The minimum absolute atomic E-state index is 0.0364. The van der Waals surface area contributed by atoms with Gasteiger partial charge in [0.2, 0.25) is 5.91 Å². The van der Waals surface area contributed by atoms with E-state index in [0.29, 0.717) is 24.7 Å². The van der Waals surface area contributed by atoms with E-state index >= 15 is 0 Å². The van der Waals surface area contributed by atoms with Crippen LogP contribution >= 0.6 is 0 Å². The van der Waals surface area contributed by atoms with Crippen LogP contribution in [-0.4, -0.2) is 102 Å². The van der Waals surface area contributed by atoms with E-state index in [-0.39, 0.29) is 44.1 Å². The zero-order valence-electron chi connectivity index (χ0n) is 24.7. The second kappa shape index (κ2) is 13.9. The van der Waals surface area contributed by atoms with Gasteiger partial charge >= 0.3 is 12.1 Å². The first-order chi connectivity index (χ1) is 19.4. The zero-order chi connectivity index (χ0) is 30.2. The number of ether oxygens (including phenoxy) is 2. The first-order valence-electron chi connectivity index (χ1n) is 13.7. The summed E-state index contributed by atoms with van der Waals surface area (Å²) in [6.07, 6.45) is -0.461. The van der Waals surface area contributed by atoms with Crippen molar-refractivity contribution >= 4 is 29.7 Å². The summed E-state index contributed by atoms with van der Waals surface area (Å²) in [7, 11) is 3.61. The van der Waals surface area contributed by atoms with E-state index < -0.39 is 29.6 Å². The van der Waals surface area contributed by atoms with E-state index in [1.165, 1.54) is 4.90 Å². The van der Waals surface area contributed by atoms with Gasteiger partial charge in [-0.25, -0.2) is 14.8 Å². The predicted molar refractivity (Wildman–Crippen MR) is 153 cm³/mol. The molecule has 1 N–H and O–H groups in total. The quantitative estimate of drug-likeness (QED) is 0.453. The Labute approximate surface area is 241 Å². The van der Waals surface area contributed by atoms with Crippen molar-refractivity contribution < 1.29 is 28.7 Å². The van der Waals surface area contributed by atoms with Gasteiger partial charge in [-0.2, -0.15) is 0 Å². The van der Waals surface area contributed by atoms with E-state index in [9.17, 15) is 19.2 Å². The number of carbonyl (C=O) groups is 4. The molecule has 1 aromatic heterocycles. The Kier molecular flexibility index (Phi) is 10.6. The molecule has 1 atom stereocenters. The molecule has 41 heavy (non-hydrogen) atoms. The summed E-state index contributed by atoms with van der Waals surface area (Å²) >= 11 is 0. The highest BCUT2D eigenvalue weighted by Crippen LogP contribution is 2.20. The van der Waals surface area contributed by atoms with Gasteiger partial charge in [-0.1, -0.05) is 30.3 Å². The maximum atomic E-state index is 13.6. The molecule has 1 fully saturated rings. The molecule has 0 saturated carbocycles. The van der Waals surface area contributed by atoms with Crippen molar-refractivity contribution in [3.63, 3.8) is 0 Å². The maximum Gasteiger partial charge on any atom is 0.409 e. The number of nitrogens with zero attached hydrogens (tertiary/aromatic N) is 5. The van der Waals surface area contributed by atoms with Gasteiger partial charge in [0.05, 0.1) is 6.61 Å². The number of carbonyl (C=O) groups excluding carboxylic acids is 4. The average Bonchev–Trinajstić information content (AvgIpc) is 2.94. The molecule has 12 heteroatoms. The molecule has 222 valence electrons. The van der Waals surface area contributed by atoms with Crippen LogP contribution in [0.2, 0.25) is 0 Å². The van der Waals surface area contributed by atoms with Crippen LogP contribution in [0.3, 0.4) is 0 Å². The van der Waals surface area contributed by atoms with E-state index in [4.69, 9.17) is 9.47 Å². The fraction of sp³-hybridized carbons (Fsp3) is 0.517. The molecule has 2 aromatic rings. The SMILES string of the molecule is CCOC(=O)N1CCN(C(=O)[C@H](CCC(=O)OC(C)(C)C)NC(=O)c2cc(N(C)C)nc(-c3ccccc3)n2)CC1.